The molecule has 0 saturated carbocycles. The average Bonchev–Trinajstić information content (AvgIpc) is 2.48. The van der Waals surface area contributed by atoms with Crippen molar-refractivity contribution in [2.45, 2.75) is 25.3 Å². The fourth-order valence-corrected chi connectivity index (χ4v) is 2.11. The number of aromatic hydroxyl groups is 1. The van der Waals surface area contributed by atoms with Crippen molar-refractivity contribution in [1.29, 1.82) is 0 Å². The van der Waals surface area contributed by atoms with Crippen LogP contribution in [0, 0.1) is 5.92 Å². The topological polar surface area (TPSA) is 131 Å². The smallest absolute Gasteiger partial charge is 0.227 e. The first-order chi connectivity index (χ1) is 10.9. The molecule has 0 bridgehead atoms. The number of hydrogen-bond donors (Lipinski definition) is 6. The third-order valence-corrected chi connectivity index (χ3v) is 3.96. The third kappa shape index (κ3) is 4.39. The van der Waals surface area contributed by atoms with Crippen LogP contribution in [0.3, 0.4) is 0 Å². The Morgan fingerprint density at radius 2 is 1.96 bits per heavy atom. The fraction of sp³-hybridized carbons (Fsp3) is 0.500. The number of halogens is 1. The largest absolute Gasteiger partial charge is 0.507 e. The van der Waals surface area contributed by atoms with E-state index in [4.69, 9.17) is 12.6 Å². The molecule has 1 atom stereocenters. The molecule has 1 aromatic rings. The van der Waals surface area contributed by atoms with Crippen molar-refractivity contribution in [1.82, 2.24) is 10.6 Å². The number of nitrogens with one attached hydrogen (secondary N) is 2. The highest BCUT2D eigenvalue weighted by Gasteiger charge is 2.47. The monoisotopic (exact) mass is 402 g/mol. The van der Waals surface area contributed by atoms with Crippen LogP contribution in [-0.2, 0) is 10.6 Å². The van der Waals surface area contributed by atoms with Crippen LogP contribution in [0.15, 0.2) is 16.6 Å². The van der Waals surface area contributed by atoms with Crippen LogP contribution in [-0.4, -0.2) is 53.6 Å². The van der Waals surface area contributed by atoms with Crippen molar-refractivity contribution in [3.8, 4) is 11.5 Å². The molecular formula is C14H20BBrN2O6. The molecule has 0 aliphatic carbocycles. The van der Waals surface area contributed by atoms with Gasteiger partial charge < -0.3 is 30.5 Å². The second-order valence-electron chi connectivity index (χ2n) is 5.49. The Balaban J connectivity index is 3.04. The highest BCUT2D eigenvalue weighted by atomic mass is 79.9. The summed E-state index contributed by atoms with van der Waals surface area (Å²) in [5.41, 5.74) is -3.14. The van der Waals surface area contributed by atoms with E-state index in [0.29, 0.717) is 0 Å². The number of carbonyl (C=O) groups excluding carboxylic acids is 1. The molecule has 0 saturated heterocycles. The Labute approximate surface area is 149 Å². The number of carbonyl (C=O) groups is 1. The zero-order valence-electron chi connectivity index (χ0n) is 13.5. The highest BCUT2D eigenvalue weighted by molar-refractivity contribution is 9.10. The predicted molar refractivity (Wildman–Crippen MR) is 90.2 cm³/mol. The van der Waals surface area contributed by atoms with Crippen molar-refractivity contribution >= 4 is 29.7 Å². The lowest BCUT2D eigenvalue weighted by molar-refractivity contribution is -0.263. The molecule has 2 radical (unpaired) electrons. The number of benzene rings is 1. The van der Waals surface area contributed by atoms with Crippen LogP contribution < -0.4 is 15.4 Å². The lowest BCUT2D eigenvalue weighted by atomic mass is 9.78. The van der Waals surface area contributed by atoms with Crippen LogP contribution >= 0.6 is 15.9 Å². The molecule has 10 heteroatoms. The molecule has 1 aromatic carbocycles. The minimum absolute atomic E-state index is 0.0402. The predicted octanol–water partition coefficient (Wildman–Crippen LogP) is -0.565. The van der Waals surface area contributed by atoms with Gasteiger partial charge in [-0.25, -0.2) is 0 Å². The number of methoxy groups -OCH3 is 1. The molecule has 8 nitrogen and oxygen atoms in total. The molecule has 1 amide bonds. The van der Waals surface area contributed by atoms with Gasteiger partial charge in [-0.1, -0.05) is 13.8 Å². The molecule has 0 fully saturated rings. The summed E-state index contributed by atoms with van der Waals surface area (Å²) in [7, 11) is 6.81. The Morgan fingerprint density at radius 1 is 1.38 bits per heavy atom. The summed E-state index contributed by atoms with van der Waals surface area (Å²) in [6, 6.07) is 2.26. The molecule has 0 aromatic heterocycles. The van der Waals surface area contributed by atoms with Gasteiger partial charge in [-0.2, -0.15) is 0 Å². The molecule has 132 valence electrons. The second-order valence-corrected chi connectivity index (χ2v) is 6.35. The van der Waals surface area contributed by atoms with E-state index in [9.17, 15) is 25.2 Å². The SMILES string of the molecule is [B]C(O)(NCNC(=O)C(C)C)C(O)(O)c1cc(O)c(Br)cc1OC. The van der Waals surface area contributed by atoms with Crippen LogP contribution in [0.5, 0.6) is 11.5 Å². The first-order valence-electron chi connectivity index (χ1n) is 6.99. The summed E-state index contributed by atoms with van der Waals surface area (Å²) in [6.07, 6.45) is 0. The quantitative estimate of drug-likeness (QED) is 0.266. The van der Waals surface area contributed by atoms with Crippen molar-refractivity contribution in [2.75, 3.05) is 13.8 Å². The molecule has 0 heterocycles. The molecule has 0 aliphatic heterocycles. The summed E-state index contributed by atoms with van der Waals surface area (Å²) in [5, 5.41) is 45.2. The third-order valence-electron chi connectivity index (χ3n) is 3.32. The molecule has 0 spiro atoms. The zero-order valence-corrected chi connectivity index (χ0v) is 15.1. The number of ether oxygens (including phenoxy) is 1. The molecule has 1 rings (SSSR count). The molecule has 1 unspecified atom stereocenters. The average molecular weight is 403 g/mol. The van der Waals surface area contributed by atoms with Gasteiger partial charge >= 0.3 is 0 Å². The van der Waals surface area contributed by atoms with Gasteiger partial charge in [-0.05, 0) is 28.1 Å². The number of amides is 1. The van der Waals surface area contributed by atoms with E-state index in [2.05, 4.69) is 26.6 Å². The van der Waals surface area contributed by atoms with Crippen LogP contribution in [0.1, 0.15) is 19.4 Å². The Morgan fingerprint density at radius 3 is 2.46 bits per heavy atom. The Hall–Kier alpha value is -1.33. The summed E-state index contributed by atoms with van der Waals surface area (Å²) in [5.74, 6) is -4.02. The van der Waals surface area contributed by atoms with E-state index in [1.165, 1.54) is 13.2 Å². The van der Waals surface area contributed by atoms with Crippen molar-refractivity contribution < 1.29 is 30.0 Å². The minimum atomic E-state index is -3.04. The maximum atomic E-state index is 11.5. The Bertz CT molecular complexity index is 609. The van der Waals surface area contributed by atoms with Crippen molar-refractivity contribution in [3.63, 3.8) is 0 Å². The van der Waals surface area contributed by atoms with Crippen LogP contribution in [0.25, 0.3) is 0 Å². The normalized spacial score (nSPS) is 14.3. The maximum absolute atomic E-state index is 11.5. The lowest BCUT2D eigenvalue weighted by Crippen LogP contribution is -2.63. The summed E-state index contributed by atoms with van der Waals surface area (Å²) in [6.45, 7) is 3.02. The molecule has 0 aliphatic rings. The first kappa shape index (κ1) is 20.7. The number of hydrogen-bond acceptors (Lipinski definition) is 7. The summed E-state index contributed by atoms with van der Waals surface area (Å²) >= 11 is 3.06. The highest BCUT2D eigenvalue weighted by Crippen LogP contribution is 2.39. The van der Waals surface area contributed by atoms with Gasteiger partial charge in [0.2, 0.25) is 11.7 Å². The number of phenols is 1. The minimum Gasteiger partial charge on any atom is -0.507 e. The van der Waals surface area contributed by atoms with E-state index in [-0.39, 0.29) is 40.0 Å². The number of aliphatic hydroxyl groups is 3. The van der Waals surface area contributed by atoms with Gasteiger partial charge in [-0.15, -0.1) is 0 Å². The van der Waals surface area contributed by atoms with Crippen LogP contribution in [0.2, 0.25) is 0 Å². The van der Waals surface area contributed by atoms with Gasteiger partial charge in [0.05, 0.1) is 23.8 Å². The molecular weight excluding hydrogens is 383 g/mol. The van der Waals surface area contributed by atoms with E-state index >= 15 is 0 Å². The summed E-state index contributed by atoms with van der Waals surface area (Å²) in [4.78, 5) is 11.5. The van der Waals surface area contributed by atoms with Crippen molar-refractivity contribution in [3.05, 3.63) is 22.2 Å². The van der Waals surface area contributed by atoms with Crippen LogP contribution in [0.4, 0.5) is 0 Å². The van der Waals surface area contributed by atoms with Crippen molar-refractivity contribution in [2.24, 2.45) is 5.92 Å². The summed E-state index contributed by atoms with van der Waals surface area (Å²) < 4.78 is 5.26. The maximum Gasteiger partial charge on any atom is 0.227 e. The zero-order chi connectivity index (χ0) is 18.7. The lowest BCUT2D eigenvalue weighted by Gasteiger charge is -2.39. The second kappa shape index (κ2) is 7.71. The number of rotatable bonds is 7. The van der Waals surface area contributed by atoms with Gasteiger partial charge in [0.1, 0.15) is 25.0 Å². The van der Waals surface area contributed by atoms with Gasteiger partial charge in [-0.3, -0.25) is 10.1 Å². The molecule has 6 N–H and O–H groups in total. The Kier molecular flexibility index (Phi) is 6.65. The fourth-order valence-electron chi connectivity index (χ4n) is 1.78. The van der Waals surface area contributed by atoms with E-state index in [0.717, 1.165) is 6.07 Å². The van der Waals surface area contributed by atoms with Gasteiger partial charge in [0, 0.05) is 5.92 Å². The standard InChI is InChI=1S/C14H20BBrN2O6/c1-7(2)12(20)17-6-18-14(15,23)13(21,22)8-4-10(19)9(16)5-11(8)24-3/h4-5,7,18-19,21-23H,6H2,1-3H3,(H,17,20). The first-order valence-corrected chi connectivity index (χ1v) is 7.79. The van der Waals surface area contributed by atoms with E-state index < -0.39 is 11.4 Å². The van der Waals surface area contributed by atoms with Gasteiger partial charge in [0.25, 0.3) is 0 Å². The van der Waals surface area contributed by atoms with Gasteiger partial charge in [0.15, 0.2) is 0 Å². The molecule has 24 heavy (non-hydrogen) atoms. The van der Waals surface area contributed by atoms with E-state index in [1.807, 2.05) is 0 Å². The van der Waals surface area contributed by atoms with E-state index in [1.54, 1.807) is 13.8 Å². The number of phenolic OH excluding ortho intramolecular Hbond substituents is 1.